The molecule has 0 atom stereocenters. The lowest BCUT2D eigenvalue weighted by Gasteiger charge is -2.08. The van der Waals surface area contributed by atoms with Crippen molar-refractivity contribution in [3.63, 3.8) is 0 Å². The summed E-state index contributed by atoms with van der Waals surface area (Å²) in [4.78, 5) is 35.1. The number of ketones is 1. The van der Waals surface area contributed by atoms with Crippen LogP contribution in [0, 0.1) is 0 Å². The lowest BCUT2D eigenvalue weighted by Crippen LogP contribution is -2.28. The Bertz CT molecular complexity index is 783. The van der Waals surface area contributed by atoms with Crippen LogP contribution in [0.5, 0.6) is 0 Å². The molecule has 0 aliphatic rings. The second kappa shape index (κ2) is 7.79. The van der Waals surface area contributed by atoms with Crippen LogP contribution in [0.3, 0.4) is 0 Å². The predicted octanol–water partition coefficient (Wildman–Crippen LogP) is 2.35. The van der Waals surface area contributed by atoms with Crippen LogP contribution in [0.4, 0.5) is 0 Å². The Morgan fingerprint density at radius 3 is 2.58 bits per heavy atom. The Hall–Kier alpha value is -2.60. The average molecular weight is 349 g/mol. The van der Waals surface area contributed by atoms with Gasteiger partial charge in [-0.3, -0.25) is 9.59 Å². The number of ether oxygens (including phenoxy) is 1. The lowest BCUT2D eigenvalue weighted by atomic mass is 10.2. The zero-order valence-corrected chi connectivity index (χ0v) is 14.1. The van der Waals surface area contributed by atoms with E-state index in [0.717, 1.165) is 5.56 Å². The number of Topliss-reactive ketones (excluding diaryl/α,β-unsaturated/α-hetero) is 1. The summed E-state index contributed by atoms with van der Waals surface area (Å²) in [5.74, 6) is -1.26. The maximum atomic E-state index is 12.0. The Morgan fingerprint density at radius 2 is 1.96 bits per heavy atom. The number of halogens is 1. The molecule has 0 saturated carbocycles. The lowest BCUT2D eigenvalue weighted by molar-refractivity contribution is -0.124. The van der Waals surface area contributed by atoms with Crippen LogP contribution < -0.4 is 5.32 Å². The van der Waals surface area contributed by atoms with Gasteiger partial charge in [0.1, 0.15) is 5.69 Å². The number of hydrogen-bond donors (Lipinski definition) is 1. The van der Waals surface area contributed by atoms with Crippen LogP contribution in [0.2, 0.25) is 5.02 Å². The Balaban J connectivity index is 1.86. The molecular formula is C17H17ClN2O4. The Labute approximate surface area is 144 Å². The molecule has 1 aromatic heterocycles. The monoisotopic (exact) mass is 348 g/mol. The first-order chi connectivity index (χ1) is 11.4. The first kappa shape index (κ1) is 17.7. The number of nitrogens with zero attached hydrogens (tertiary/aromatic N) is 1. The van der Waals surface area contributed by atoms with E-state index in [0.29, 0.717) is 10.6 Å². The van der Waals surface area contributed by atoms with Gasteiger partial charge in [-0.15, -0.1) is 0 Å². The van der Waals surface area contributed by atoms with Gasteiger partial charge in [-0.25, -0.2) is 4.79 Å². The van der Waals surface area contributed by atoms with Gasteiger partial charge < -0.3 is 14.6 Å². The molecule has 7 heteroatoms. The van der Waals surface area contributed by atoms with Crippen molar-refractivity contribution in [1.82, 2.24) is 9.88 Å². The molecule has 0 bridgehead atoms. The third-order valence-electron chi connectivity index (χ3n) is 3.39. The first-order valence-electron chi connectivity index (χ1n) is 7.23. The minimum Gasteiger partial charge on any atom is -0.451 e. The molecule has 126 valence electrons. The van der Waals surface area contributed by atoms with Crippen LogP contribution in [-0.2, 0) is 23.1 Å². The van der Waals surface area contributed by atoms with E-state index in [4.69, 9.17) is 16.3 Å². The molecule has 1 amide bonds. The van der Waals surface area contributed by atoms with E-state index in [1.807, 2.05) is 6.07 Å². The zero-order chi connectivity index (χ0) is 17.7. The molecule has 0 saturated heterocycles. The number of benzene rings is 1. The van der Waals surface area contributed by atoms with Crippen molar-refractivity contribution in [3.8, 4) is 0 Å². The highest BCUT2D eigenvalue weighted by atomic mass is 35.5. The third-order valence-corrected chi connectivity index (χ3v) is 3.76. The number of nitrogens with one attached hydrogen (secondary N) is 1. The van der Waals surface area contributed by atoms with Crippen LogP contribution in [0.25, 0.3) is 0 Å². The summed E-state index contributed by atoms with van der Waals surface area (Å²) in [7, 11) is 1.63. The van der Waals surface area contributed by atoms with Crippen LogP contribution >= 0.6 is 11.6 Å². The number of aryl methyl sites for hydroxylation is 1. The van der Waals surface area contributed by atoms with Crippen molar-refractivity contribution >= 4 is 29.3 Å². The quantitative estimate of drug-likeness (QED) is 0.642. The Kier molecular flexibility index (Phi) is 5.76. The fourth-order valence-electron chi connectivity index (χ4n) is 2.05. The van der Waals surface area contributed by atoms with Gasteiger partial charge in [-0.05, 0) is 24.6 Å². The van der Waals surface area contributed by atoms with Crippen molar-refractivity contribution < 1.29 is 19.1 Å². The van der Waals surface area contributed by atoms with Crippen LogP contribution in [0.1, 0.15) is 33.3 Å². The third kappa shape index (κ3) is 4.45. The molecule has 0 aliphatic heterocycles. The van der Waals surface area contributed by atoms with E-state index in [2.05, 4.69) is 5.32 Å². The van der Waals surface area contributed by atoms with Gasteiger partial charge in [0.25, 0.3) is 5.91 Å². The molecule has 0 aliphatic carbocycles. The number of esters is 1. The predicted molar refractivity (Wildman–Crippen MR) is 89.0 cm³/mol. The first-order valence-corrected chi connectivity index (χ1v) is 7.61. The largest absolute Gasteiger partial charge is 0.451 e. The summed E-state index contributed by atoms with van der Waals surface area (Å²) >= 11 is 5.99. The van der Waals surface area contributed by atoms with Gasteiger partial charge >= 0.3 is 5.97 Å². The smallest absolute Gasteiger partial charge is 0.355 e. The minimum absolute atomic E-state index is 0.151. The molecule has 6 nitrogen and oxygen atoms in total. The van der Waals surface area contributed by atoms with Gasteiger partial charge in [0.15, 0.2) is 12.4 Å². The zero-order valence-electron chi connectivity index (χ0n) is 13.3. The van der Waals surface area contributed by atoms with E-state index in [1.54, 1.807) is 25.2 Å². The highest BCUT2D eigenvalue weighted by molar-refractivity contribution is 6.31. The van der Waals surface area contributed by atoms with E-state index in [9.17, 15) is 14.4 Å². The molecule has 0 fully saturated rings. The summed E-state index contributed by atoms with van der Waals surface area (Å²) < 4.78 is 6.45. The fraction of sp³-hybridized carbons (Fsp3) is 0.235. The minimum atomic E-state index is -0.669. The number of rotatable bonds is 6. The molecule has 0 unspecified atom stereocenters. The fourth-order valence-corrected chi connectivity index (χ4v) is 2.25. The molecule has 2 aromatic rings. The summed E-state index contributed by atoms with van der Waals surface area (Å²) in [5, 5.41) is 3.17. The van der Waals surface area contributed by atoms with E-state index >= 15 is 0 Å². The molecule has 24 heavy (non-hydrogen) atoms. The summed E-state index contributed by atoms with van der Waals surface area (Å²) in [6.07, 6.45) is 1.54. The highest BCUT2D eigenvalue weighted by Gasteiger charge is 2.16. The van der Waals surface area contributed by atoms with Crippen molar-refractivity contribution in [1.29, 1.82) is 0 Å². The number of amides is 1. The van der Waals surface area contributed by atoms with Crippen LogP contribution in [-0.4, -0.2) is 28.8 Å². The maximum absolute atomic E-state index is 12.0. The summed E-state index contributed by atoms with van der Waals surface area (Å²) in [6, 6.07) is 8.57. The number of carbonyl (C=O) groups excluding carboxylic acids is 3. The normalized spacial score (nSPS) is 10.3. The van der Waals surface area contributed by atoms with Gasteiger partial charge in [-0.2, -0.15) is 0 Å². The highest BCUT2D eigenvalue weighted by Crippen LogP contribution is 2.14. The second-order valence-electron chi connectivity index (χ2n) is 5.23. The molecule has 1 aromatic carbocycles. The molecular weight excluding hydrogens is 332 g/mol. The van der Waals surface area contributed by atoms with Gasteiger partial charge in [0, 0.05) is 30.4 Å². The second-order valence-corrected chi connectivity index (χ2v) is 5.63. The maximum Gasteiger partial charge on any atom is 0.355 e. The van der Waals surface area contributed by atoms with Gasteiger partial charge in [-0.1, -0.05) is 29.8 Å². The molecule has 2 rings (SSSR count). The molecule has 0 spiro atoms. The average Bonchev–Trinajstić information content (AvgIpc) is 2.94. The molecule has 1 N–H and O–H groups in total. The summed E-state index contributed by atoms with van der Waals surface area (Å²) in [6.45, 7) is 1.24. The van der Waals surface area contributed by atoms with Crippen LogP contribution in [0.15, 0.2) is 36.5 Å². The van der Waals surface area contributed by atoms with Gasteiger partial charge in [0.05, 0.1) is 0 Å². The number of carbonyl (C=O) groups is 3. The SMILES string of the molecule is CC(=O)c1cc(C(=O)OCC(=O)NCc2ccccc2Cl)n(C)c1. The number of hydrogen-bond acceptors (Lipinski definition) is 4. The standard InChI is InChI=1S/C17H17ClN2O4/c1-11(21)13-7-15(20(2)9-13)17(23)24-10-16(22)19-8-12-5-3-4-6-14(12)18/h3-7,9H,8,10H2,1-2H3,(H,19,22). The van der Waals surface area contributed by atoms with Gasteiger partial charge in [0.2, 0.25) is 0 Å². The van der Waals surface area contributed by atoms with Crippen molar-refractivity contribution in [2.24, 2.45) is 7.05 Å². The van der Waals surface area contributed by atoms with Crippen molar-refractivity contribution in [3.05, 3.63) is 58.4 Å². The molecule has 0 radical (unpaired) electrons. The van der Waals surface area contributed by atoms with E-state index in [1.165, 1.54) is 23.8 Å². The number of aromatic nitrogens is 1. The Morgan fingerprint density at radius 1 is 1.25 bits per heavy atom. The summed E-state index contributed by atoms with van der Waals surface area (Å²) in [5.41, 5.74) is 1.39. The van der Waals surface area contributed by atoms with E-state index < -0.39 is 18.5 Å². The topological polar surface area (TPSA) is 77.4 Å². The van der Waals surface area contributed by atoms with Crippen molar-refractivity contribution in [2.45, 2.75) is 13.5 Å². The van der Waals surface area contributed by atoms with Crippen molar-refractivity contribution in [2.75, 3.05) is 6.61 Å². The molecule has 1 heterocycles. The van der Waals surface area contributed by atoms with E-state index in [-0.39, 0.29) is 18.0 Å².